The second kappa shape index (κ2) is 10.1. The highest BCUT2D eigenvalue weighted by atomic mass is 16.5. The van der Waals surface area contributed by atoms with Gasteiger partial charge in [0.15, 0.2) is 0 Å². The molecule has 0 aliphatic rings. The maximum Gasteiger partial charge on any atom is 0.407 e. The van der Waals surface area contributed by atoms with Gasteiger partial charge in [-0.2, -0.15) is 0 Å². The minimum Gasteiger partial charge on any atom is -0.464 e. The lowest BCUT2D eigenvalue weighted by atomic mass is 9.99. The van der Waals surface area contributed by atoms with E-state index >= 15 is 0 Å². The highest BCUT2D eigenvalue weighted by Crippen LogP contribution is 2.09. The van der Waals surface area contributed by atoms with Gasteiger partial charge in [0.2, 0.25) is 5.91 Å². The average Bonchev–Trinajstić information content (AvgIpc) is 2.42. The van der Waals surface area contributed by atoms with Gasteiger partial charge in [-0.05, 0) is 19.8 Å². The molecule has 2 amide bonds. The van der Waals surface area contributed by atoms with Gasteiger partial charge in [-0.25, -0.2) is 9.59 Å². The Bertz CT molecular complexity index is 333. The molecule has 0 saturated carbocycles. The summed E-state index contributed by atoms with van der Waals surface area (Å²) in [6, 6.07) is -0.712. The van der Waals surface area contributed by atoms with Crippen LogP contribution in [-0.2, 0) is 19.1 Å². The topological polar surface area (TPSA) is 93.7 Å². The SMILES string of the molecule is CCOC(=O)NCC(=O)NC(C(=O)OCC)C(C)CC. The molecule has 0 saturated heterocycles. The number of carbonyl (C=O) groups excluding carboxylic acids is 3. The molecule has 0 fully saturated rings. The van der Waals surface area contributed by atoms with Gasteiger partial charge in [-0.3, -0.25) is 4.79 Å². The van der Waals surface area contributed by atoms with Crippen LogP contribution in [-0.4, -0.2) is 43.8 Å². The Kier molecular flexibility index (Phi) is 9.15. The van der Waals surface area contributed by atoms with E-state index in [0.29, 0.717) is 0 Å². The van der Waals surface area contributed by atoms with E-state index in [1.54, 1.807) is 13.8 Å². The van der Waals surface area contributed by atoms with Crippen LogP contribution < -0.4 is 10.6 Å². The second-order valence-corrected chi connectivity index (χ2v) is 4.26. The Morgan fingerprint density at radius 1 is 1.05 bits per heavy atom. The molecule has 0 bridgehead atoms. The van der Waals surface area contributed by atoms with E-state index in [0.717, 1.165) is 6.42 Å². The van der Waals surface area contributed by atoms with Crippen molar-refractivity contribution in [1.82, 2.24) is 10.6 Å². The molecule has 0 aromatic carbocycles. The van der Waals surface area contributed by atoms with Crippen LogP contribution in [0.4, 0.5) is 4.79 Å². The standard InChI is InChI=1S/C13H24N2O5/c1-5-9(4)11(12(17)19-6-2)15-10(16)8-14-13(18)20-7-3/h9,11H,5-8H2,1-4H3,(H,14,18)(H,15,16). The summed E-state index contributed by atoms with van der Waals surface area (Å²) in [6.07, 6.45) is 0.0496. The van der Waals surface area contributed by atoms with Crippen molar-refractivity contribution in [3.05, 3.63) is 0 Å². The molecule has 0 radical (unpaired) electrons. The fourth-order valence-corrected chi connectivity index (χ4v) is 1.46. The van der Waals surface area contributed by atoms with Crippen molar-refractivity contribution in [3.8, 4) is 0 Å². The van der Waals surface area contributed by atoms with Crippen LogP contribution in [0.3, 0.4) is 0 Å². The summed E-state index contributed by atoms with van der Waals surface area (Å²) < 4.78 is 9.56. The minimum atomic E-state index is -0.712. The minimum absolute atomic E-state index is 0.0550. The van der Waals surface area contributed by atoms with Crippen molar-refractivity contribution >= 4 is 18.0 Å². The number of ether oxygens (including phenoxy) is 2. The van der Waals surface area contributed by atoms with Crippen LogP contribution >= 0.6 is 0 Å². The maximum atomic E-state index is 11.8. The molecule has 116 valence electrons. The third-order valence-corrected chi connectivity index (χ3v) is 2.74. The van der Waals surface area contributed by atoms with Crippen LogP contribution in [0.1, 0.15) is 34.1 Å². The van der Waals surface area contributed by atoms with E-state index in [1.165, 1.54) is 0 Å². The fourth-order valence-electron chi connectivity index (χ4n) is 1.46. The number of rotatable bonds is 8. The normalized spacial score (nSPS) is 13.0. The molecule has 0 spiro atoms. The van der Waals surface area contributed by atoms with Crippen LogP contribution in [0, 0.1) is 5.92 Å². The van der Waals surface area contributed by atoms with Gasteiger partial charge in [0.25, 0.3) is 0 Å². The molecular weight excluding hydrogens is 264 g/mol. The predicted molar refractivity (Wildman–Crippen MR) is 73.0 cm³/mol. The number of hydrogen-bond acceptors (Lipinski definition) is 5. The summed E-state index contributed by atoms with van der Waals surface area (Å²) in [5.74, 6) is -0.983. The van der Waals surface area contributed by atoms with E-state index in [2.05, 4.69) is 15.4 Å². The first-order valence-corrected chi connectivity index (χ1v) is 6.82. The molecule has 20 heavy (non-hydrogen) atoms. The van der Waals surface area contributed by atoms with Crippen LogP contribution in [0.15, 0.2) is 0 Å². The molecule has 7 nitrogen and oxygen atoms in total. The first-order valence-electron chi connectivity index (χ1n) is 6.82. The number of amides is 2. The molecule has 0 rings (SSSR count). The lowest BCUT2D eigenvalue weighted by molar-refractivity contribution is -0.148. The monoisotopic (exact) mass is 288 g/mol. The summed E-state index contributed by atoms with van der Waals surface area (Å²) in [5.41, 5.74) is 0. The molecule has 0 heterocycles. The largest absolute Gasteiger partial charge is 0.464 e. The Balaban J connectivity index is 4.39. The zero-order chi connectivity index (χ0) is 15.5. The predicted octanol–water partition coefficient (Wildman–Crippen LogP) is 0.827. The molecule has 2 atom stereocenters. The van der Waals surface area contributed by atoms with Gasteiger partial charge in [-0.1, -0.05) is 20.3 Å². The number of carbonyl (C=O) groups is 3. The summed E-state index contributed by atoms with van der Waals surface area (Å²) in [6.45, 7) is 7.37. The lowest BCUT2D eigenvalue weighted by Crippen LogP contribution is -2.49. The third kappa shape index (κ3) is 6.96. The van der Waals surface area contributed by atoms with Crippen molar-refractivity contribution in [2.75, 3.05) is 19.8 Å². The number of hydrogen-bond donors (Lipinski definition) is 2. The summed E-state index contributed by atoms with van der Waals surface area (Å²) in [4.78, 5) is 34.5. The molecule has 7 heteroatoms. The molecule has 2 unspecified atom stereocenters. The van der Waals surface area contributed by atoms with Crippen LogP contribution in [0.5, 0.6) is 0 Å². The first kappa shape index (κ1) is 18.2. The molecule has 0 aromatic heterocycles. The maximum absolute atomic E-state index is 11.8. The number of esters is 1. The van der Waals surface area contributed by atoms with Crippen molar-refractivity contribution in [3.63, 3.8) is 0 Å². The van der Waals surface area contributed by atoms with E-state index in [-0.39, 0.29) is 25.7 Å². The molecule has 0 aromatic rings. The fraction of sp³-hybridized carbons (Fsp3) is 0.769. The first-order chi connectivity index (χ1) is 9.46. The zero-order valence-corrected chi connectivity index (χ0v) is 12.5. The van der Waals surface area contributed by atoms with Crippen molar-refractivity contribution in [2.45, 2.75) is 40.2 Å². The quantitative estimate of drug-likeness (QED) is 0.645. The number of alkyl carbamates (subject to hydrolysis) is 1. The van der Waals surface area contributed by atoms with E-state index < -0.39 is 24.0 Å². The van der Waals surface area contributed by atoms with Crippen LogP contribution in [0.2, 0.25) is 0 Å². The van der Waals surface area contributed by atoms with Gasteiger partial charge >= 0.3 is 12.1 Å². The summed E-state index contributed by atoms with van der Waals surface area (Å²) in [5, 5.41) is 4.86. The Morgan fingerprint density at radius 2 is 1.65 bits per heavy atom. The Hall–Kier alpha value is -1.79. The molecular formula is C13H24N2O5. The molecule has 0 aliphatic carbocycles. The summed E-state index contributed by atoms with van der Waals surface area (Å²) >= 11 is 0. The molecule has 0 aliphatic heterocycles. The smallest absolute Gasteiger partial charge is 0.407 e. The Labute approximate surface area is 119 Å². The van der Waals surface area contributed by atoms with E-state index in [4.69, 9.17) is 4.74 Å². The van der Waals surface area contributed by atoms with Gasteiger partial charge < -0.3 is 20.1 Å². The Morgan fingerprint density at radius 3 is 2.15 bits per heavy atom. The lowest BCUT2D eigenvalue weighted by Gasteiger charge is -2.22. The second-order valence-electron chi connectivity index (χ2n) is 4.26. The summed E-state index contributed by atoms with van der Waals surface area (Å²) in [7, 11) is 0. The highest BCUT2D eigenvalue weighted by molar-refractivity contribution is 5.87. The van der Waals surface area contributed by atoms with Gasteiger partial charge in [0.05, 0.1) is 13.2 Å². The van der Waals surface area contributed by atoms with Crippen molar-refractivity contribution in [1.29, 1.82) is 0 Å². The van der Waals surface area contributed by atoms with Crippen molar-refractivity contribution < 1.29 is 23.9 Å². The molecule has 2 N–H and O–H groups in total. The van der Waals surface area contributed by atoms with E-state index in [9.17, 15) is 14.4 Å². The van der Waals surface area contributed by atoms with Crippen molar-refractivity contribution in [2.24, 2.45) is 5.92 Å². The number of nitrogens with one attached hydrogen (secondary N) is 2. The van der Waals surface area contributed by atoms with Gasteiger partial charge in [0, 0.05) is 0 Å². The van der Waals surface area contributed by atoms with Gasteiger partial charge in [-0.15, -0.1) is 0 Å². The third-order valence-electron chi connectivity index (χ3n) is 2.74. The van der Waals surface area contributed by atoms with Gasteiger partial charge in [0.1, 0.15) is 12.6 Å². The van der Waals surface area contributed by atoms with Crippen LogP contribution in [0.25, 0.3) is 0 Å². The average molecular weight is 288 g/mol. The zero-order valence-electron chi connectivity index (χ0n) is 12.5. The highest BCUT2D eigenvalue weighted by Gasteiger charge is 2.27. The van der Waals surface area contributed by atoms with E-state index in [1.807, 2.05) is 13.8 Å².